The first kappa shape index (κ1) is 57.4. The van der Waals surface area contributed by atoms with Crippen LogP contribution in [0.4, 0.5) is 0 Å². The van der Waals surface area contributed by atoms with Crippen LogP contribution in [0.5, 0.6) is 0 Å². The van der Waals surface area contributed by atoms with Crippen molar-refractivity contribution < 1.29 is 28.6 Å². The Morgan fingerprint density at radius 3 is 0.881 bits per heavy atom. The SMILES string of the molecule is CCCCCCCCCCCCCC(=O)OC[C@@H](COC(=O)CCCCCCCCCCCCCCCCC(C)CC)OC(=O)CCCCCCCCCCC(C)CC. The summed E-state index contributed by atoms with van der Waals surface area (Å²) in [6, 6.07) is 0. The summed E-state index contributed by atoms with van der Waals surface area (Å²) in [4.78, 5) is 37.9. The summed E-state index contributed by atoms with van der Waals surface area (Å²) in [6.07, 6.45) is 46.5. The number of carbonyl (C=O) groups is 3. The average molecular weight is 835 g/mol. The molecule has 0 spiro atoms. The van der Waals surface area contributed by atoms with E-state index >= 15 is 0 Å². The standard InChI is InChI=1S/C53H102O6/c1-6-9-10-11-12-13-18-22-28-33-38-43-51(54)57-46-50(59-53(56)45-40-35-30-25-24-27-32-37-42-49(5)8-3)47-58-52(55)44-39-34-29-23-20-17-15-14-16-19-21-26-31-36-41-48(4)7-2/h48-50H,6-47H2,1-5H3/t48?,49?,50-/m0/s1. The van der Waals surface area contributed by atoms with Crippen LogP contribution in [-0.2, 0) is 28.6 Å². The van der Waals surface area contributed by atoms with Gasteiger partial charge in [-0.2, -0.15) is 0 Å². The zero-order valence-electron chi connectivity index (χ0n) is 40.4. The van der Waals surface area contributed by atoms with E-state index in [0.717, 1.165) is 69.6 Å². The number of ether oxygens (including phenoxy) is 3. The zero-order chi connectivity index (χ0) is 43.3. The van der Waals surface area contributed by atoms with Crippen LogP contribution in [0.15, 0.2) is 0 Å². The van der Waals surface area contributed by atoms with Crippen LogP contribution in [0.1, 0.15) is 291 Å². The maximum absolute atomic E-state index is 12.8. The van der Waals surface area contributed by atoms with Gasteiger partial charge in [-0.3, -0.25) is 14.4 Å². The van der Waals surface area contributed by atoms with Crippen LogP contribution < -0.4 is 0 Å². The largest absolute Gasteiger partial charge is 0.462 e. The molecular weight excluding hydrogens is 733 g/mol. The quantitative estimate of drug-likeness (QED) is 0.0345. The summed E-state index contributed by atoms with van der Waals surface area (Å²) in [7, 11) is 0. The molecule has 0 rings (SSSR count). The summed E-state index contributed by atoms with van der Waals surface area (Å²) in [5.74, 6) is 0.891. The van der Waals surface area contributed by atoms with Gasteiger partial charge in [0.05, 0.1) is 0 Å². The van der Waals surface area contributed by atoms with Crippen molar-refractivity contribution in [1.29, 1.82) is 0 Å². The van der Waals surface area contributed by atoms with Crippen molar-refractivity contribution in [3.8, 4) is 0 Å². The monoisotopic (exact) mass is 835 g/mol. The maximum Gasteiger partial charge on any atom is 0.306 e. The van der Waals surface area contributed by atoms with E-state index < -0.39 is 6.10 Å². The second kappa shape index (κ2) is 45.9. The molecule has 0 aromatic carbocycles. The first-order valence-corrected chi connectivity index (χ1v) is 26.3. The molecule has 2 unspecified atom stereocenters. The summed E-state index contributed by atoms with van der Waals surface area (Å²) in [5, 5.41) is 0. The molecule has 0 aliphatic rings. The number of hydrogen-bond acceptors (Lipinski definition) is 6. The van der Waals surface area contributed by atoms with E-state index in [1.165, 1.54) is 180 Å². The molecule has 0 aromatic heterocycles. The molecule has 0 radical (unpaired) electrons. The van der Waals surface area contributed by atoms with Crippen molar-refractivity contribution in [1.82, 2.24) is 0 Å². The Labute approximate surface area is 368 Å². The summed E-state index contributed by atoms with van der Waals surface area (Å²) >= 11 is 0. The van der Waals surface area contributed by atoms with Gasteiger partial charge in [0.25, 0.3) is 0 Å². The Hall–Kier alpha value is -1.59. The molecule has 350 valence electrons. The first-order valence-electron chi connectivity index (χ1n) is 26.3. The van der Waals surface area contributed by atoms with Crippen LogP contribution in [0.25, 0.3) is 0 Å². The Bertz CT molecular complexity index is 904. The van der Waals surface area contributed by atoms with E-state index in [0.29, 0.717) is 19.3 Å². The number of hydrogen-bond donors (Lipinski definition) is 0. The molecule has 3 atom stereocenters. The van der Waals surface area contributed by atoms with Gasteiger partial charge in [-0.15, -0.1) is 0 Å². The van der Waals surface area contributed by atoms with E-state index in [-0.39, 0.29) is 31.1 Å². The smallest absolute Gasteiger partial charge is 0.306 e. The summed E-state index contributed by atoms with van der Waals surface area (Å²) in [5.41, 5.74) is 0. The number of rotatable bonds is 47. The Kier molecular flexibility index (Phi) is 44.7. The highest BCUT2D eigenvalue weighted by Crippen LogP contribution is 2.18. The predicted octanol–water partition coefficient (Wildman–Crippen LogP) is 16.9. The van der Waals surface area contributed by atoms with Crippen LogP contribution in [0.2, 0.25) is 0 Å². The van der Waals surface area contributed by atoms with Crippen molar-refractivity contribution in [2.75, 3.05) is 13.2 Å². The zero-order valence-corrected chi connectivity index (χ0v) is 40.4. The van der Waals surface area contributed by atoms with Gasteiger partial charge in [0, 0.05) is 19.3 Å². The number of unbranched alkanes of at least 4 members (excludes halogenated alkanes) is 30. The van der Waals surface area contributed by atoms with Gasteiger partial charge < -0.3 is 14.2 Å². The minimum atomic E-state index is -0.761. The Balaban J connectivity index is 4.27. The summed E-state index contributed by atoms with van der Waals surface area (Å²) in [6.45, 7) is 11.4. The first-order chi connectivity index (χ1) is 28.8. The van der Waals surface area contributed by atoms with Gasteiger partial charge in [0.15, 0.2) is 6.10 Å². The van der Waals surface area contributed by atoms with E-state index in [2.05, 4.69) is 34.6 Å². The molecule has 0 bridgehead atoms. The van der Waals surface area contributed by atoms with Crippen molar-refractivity contribution in [3.05, 3.63) is 0 Å². The lowest BCUT2D eigenvalue weighted by Crippen LogP contribution is -2.30. The molecule has 0 N–H and O–H groups in total. The molecule has 59 heavy (non-hydrogen) atoms. The van der Waals surface area contributed by atoms with Crippen LogP contribution in [0, 0.1) is 11.8 Å². The second-order valence-corrected chi connectivity index (χ2v) is 18.6. The number of esters is 3. The molecule has 6 nitrogen and oxygen atoms in total. The molecule has 0 aromatic rings. The molecule has 0 saturated heterocycles. The van der Waals surface area contributed by atoms with E-state index in [1.807, 2.05) is 0 Å². The fourth-order valence-electron chi connectivity index (χ4n) is 7.93. The fourth-order valence-corrected chi connectivity index (χ4v) is 7.93. The molecule has 6 heteroatoms. The highest BCUT2D eigenvalue weighted by Gasteiger charge is 2.19. The normalized spacial score (nSPS) is 13.0. The fraction of sp³-hybridized carbons (Fsp3) is 0.943. The minimum Gasteiger partial charge on any atom is -0.462 e. The Morgan fingerprint density at radius 2 is 0.593 bits per heavy atom. The van der Waals surface area contributed by atoms with Crippen molar-refractivity contribution in [2.24, 2.45) is 11.8 Å². The topological polar surface area (TPSA) is 78.9 Å². The third kappa shape index (κ3) is 44.3. The molecular formula is C53H102O6. The van der Waals surface area contributed by atoms with Gasteiger partial charge in [-0.05, 0) is 31.1 Å². The highest BCUT2D eigenvalue weighted by atomic mass is 16.6. The van der Waals surface area contributed by atoms with E-state index in [4.69, 9.17) is 14.2 Å². The van der Waals surface area contributed by atoms with Gasteiger partial charge in [0.2, 0.25) is 0 Å². The van der Waals surface area contributed by atoms with Crippen LogP contribution >= 0.6 is 0 Å². The van der Waals surface area contributed by atoms with Gasteiger partial charge in [-0.1, -0.05) is 253 Å². The lowest BCUT2D eigenvalue weighted by Gasteiger charge is -2.18. The molecule has 0 saturated carbocycles. The van der Waals surface area contributed by atoms with E-state index in [1.54, 1.807) is 0 Å². The lowest BCUT2D eigenvalue weighted by molar-refractivity contribution is -0.167. The van der Waals surface area contributed by atoms with E-state index in [9.17, 15) is 14.4 Å². The number of carbonyl (C=O) groups excluding carboxylic acids is 3. The van der Waals surface area contributed by atoms with Crippen molar-refractivity contribution >= 4 is 17.9 Å². The van der Waals surface area contributed by atoms with Crippen LogP contribution in [-0.4, -0.2) is 37.2 Å². The minimum absolute atomic E-state index is 0.0639. The van der Waals surface area contributed by atoms with Gasteiger partial charge in [-0.25, -0.2) is 0 Å². The third-order valence-corrected chi connectivity index (χ3v) is 12.7. The van der Waals surface area contributed by atoms with Crippen molar-refractivity contribution in [2.45, 2.75) is 298 Å². The van der Waals surface area contributed by atoms with Gasteiger partial charge in [0.1, 0.15) is 13.2 Å². The second-order valence-electron chi connectivity index (χ2n) is 18.6. The predicted molar refractivity (Wildman–Crippen MR) is 252 cm³/mol. The Morgan fingerprint density at radius 1 is 0.339 bits per heavy atom. The highest BCUT2D eigenvalue weighted by molar-refractivity contribution is 5.71. The summed E-state index contributed by atoms with van der Waals surface area (Å²) < 4.78 is 16.8. The molecule has 0 heterocycles. The average Bonchev–Trinajstić information content (AvgIpc) is 3.23. The molecule has 0 aliphatic heterocycles. The third-order valence-electron chi connectivity index (χ3n) is 12.7. The molecule has 0 aliphatic carbocycles. The lowest BCUT2D eigenvalue weighted by atomic mass is 9.99. The maximum atomic E-state index is 12.8. The van der Waals surface area contributed by atoms with Crippen molar-refractivity contribution in [3.63, 3.8) is 0 Å². The molecule has 0 fully saturated rings. The molecule has 0 amide bonds. The van der Waals surface area contributed by atoms with Crippen LogP contribution in [0.3, 0.4) is 0 Å². The van der Waals surface area contributed by atoms with Gasteiger partial charge >= 0.3 is 17.9 Å².